The largest absolute Gasteiger partial charge is 0.327 e. The van der Waals surface area contributed by atoms with Gasteiger partial charge in [-0.05, 0) is 25.0 Å². The molecule has 2 heteroatoms. The van der Waals surface area contributed by atoms with Crippen LogP contribution in [0.3, 0.4) is 0 Å². The van der Waals surface area contributed by atoms with Gasteiger partial charge in [0.05, 0.1) is 0 Å². The van der Waals surface area contributed by atoms with Crippen LogP contribution in [0.5, 0.6) is 0 Å². The van der Waals surface area contributed by atoms with E-state index in [-0.39, 0.29) is 0 Å². The highest BCUT2D eigenvalue weighted by molar-refractivity contribution is 7.12. The molecule has 1 aromatic heterocycles. The highest BCUT2D eigenvalue weighted by Gasteiger charge is 2.35. The van der Waals surface area contributed by atoms with Crippen LogP contribution in [0.15, 0.2) is 12.1 Å². The SMILES string of the molecule is CCCc1ccc(C2CC2N)s1. The summed E-state index contributed by atoms with van der Waals surface area (Å²) in [6, 6.07) is 4.97. The fourth-order valence-corrected chi connectivity index (χ4v) is 2.82. The van der Waals surface area contributed by atoms with Crippen LogP contribution in [0.25, 0.3) is 0 Å². The lowest BCUT2D eigenvalue weighted by Gasteiger charge is -1.90. The van der Waals surface area contributed by atoms with E-state index in [1.165, 1.54) is 29.0 Å². The van der Waals surface area contributed by atoms with Gasteiger partial charge >= 0.3 is 0 Å². The Balaban J connectivity index is 2.04. The highest BCUT2D eigenvalue weighted by atomic mass is 32.1. The van der Waals surface area contributed by atoms with Gasteiger partial charge in [0.1, 0.15) is 0 Å². The van der Waals surface area contributed by atoms with Crippen LogP contribution >= 0.6 is 11.3 Å². The first kappa shape index (κ1) is 8.27. The van der Waals surface area contributed by atoms with Crippen LogP contribution < -0.4 is 5.73 Å². The zero-order valence-electron chi connectivity index (χ0n) is 7.42. The average molecular weight is 181 g/mol. The molecule has 1 aromatic rings. The van der Waals surface area contributed by atoms with Crippen molar-refractivity contribution in [2.24, 2.45) is 5.73 Å². The quantitative estimate of drug-likeness (QED) is 0.762. The topological polar surface area (TPSA) is 26.0 Å². The van der Waals surface area contributed by atoms with Crippen molar-refractivity contribution in [1.82, 2.24) is 0 Å². The van der Waals surface area contributed by atoms with E-state index >= 15 is 0 Å². The lowest BCUT2D eigenvalue weighted by Crippen LogP contribution is -1.99. The second-order valence-corrected chi connectivity index (χ2v) is 4.76. The van der Waals surface area contributed by atoms with Crippen LogP contribution in [-0.4, -0.2) is 6.04 Å². The van der Waals surface area contributed by atoms with Crippen LogP contribution in [-0.2, 0) is 6.42 Å². The van der Waals surface area contributed by atoms with E-state index in [0.717, 1.165) is 0 Å². The molecule has 0 saturated heterocycles. The molecule has 66 valence electrons. The number of thiophene rings is 1. The summed E-state index contributed by atoms with van der Waals surface area (Å²) >= 11 is 1.95. The Morgan fingerprint density at radius 3 is 2.92 bits per heavy atom. The van der Waals surface area contributed by atoms with Crippen molar-refractivity contribution in [3.63, 3.8) is 0 Å². The third-order valence-electron chi connectivity index (χ3n) is 2.38. The molecule has 12 heavy (non-hydrogen) atoms. The molecule has 1 aliphatic carbocycles. The lowest BCUT2D eigenvalue weighted by atomic mass is 10.3. The Hall–Kier alpha value is -0.340. The van der Waals surface area contributed by atoms with E-state index in [0.29, 0.717) is 12.0 Å². The van der Waals surface area contributed by atoms with Gasteiger partial charge < -0.3 is 5.73 Å². The van der Waals surface area contributed by atoms with Gasteiger partial charge in [0.25, 0.3) is 0 Å². The second kappa shape index (κ2) is 3.19. The maximum atomic E-state index is 5.79. The minimum atomic E-state index is 0.457. The first-order chi connectivity index (χ1) is 5.81. The van der Waals surface area contributed by atoms with Crippen molar-refractivity contribution in [2.45, 2.75) is 38.1 Å². The molecule has 0 amide bonds. The smallest absolute Gasteiger partial charge is 0.0123 e. The van der Waals surface area contributed by atoms with Gasteiger partial charge in [0, 0.05) is 21.7 Å². The summed E-state index contributed by atoms with van der Waals surface area (Å²) in [6.07, 6.45) is 3.68. The molecule has 2 unspecified atom stereocenters. The predicted molar refractivity (Wildman–Crippen MR) is 53.6 cm³/mol. The van der Waals surface area contributed by atoms with E-state index < -0.39 is 0 Å². The Morgan fingerprint density at radius 2 is 2.33 bits per heavy atom. The van der Waals surface area contributed by atoms with Crippen molar-refractivity contribution in [2.75, 3.05) is 0 Å². The van der Waals surface area contributed by atoms with Crippen molar-refractivity contribution >= 4 is 11.3 Å². The summed E-state index contributed by atoms with van der Waals surface area (Å²) in [5, 5.41) is 0. The van der Waals surface area contributed by atoms with Crippen LogP contribution in [0.4, 0.5) is 0 Å². The molecule has 1 nitrogen and oxygen atoms in total. The first-order valence-electron chi connectivity index (χ1n) is 4.65. The number of nitrogens with two attached hydrogens (primary N) is 1. The standard InChI is InChI=1S/C10H15NS/c1-2-3-7-4-5-10(12-7)8-6-9(8)11/h4-5,8-9H,2-3,6,11H2,1H3. The maximum absolute atomic E-state index is 5.79. The van der Waals surface area contributed by atoms with Crippen molar-refractivity contribution in [1.29, 1.82) is 0 Å². The van der Waals surface area contributed by atoms with Gasteiger partial charge in [0.2, 0.25) is 0 Å². The van der Waals surface area contributed by atoms with Crippen molar-refractivity contribution < 1.29 is 0 Å². The summed E-state index contributed by atoms with van der Waals surface area (Å²) in [5.41, 5.74) is 5.79. The molecule has 1 saturated carbocycles. The summed E-state index contributed by atoms with van der Waals surface area (Å²) in [5.74, 6) is 0.695. The fourth-order valence-electron chi connectivity index (χ4n) is 1.52. The molecule has 2 rings (SSSR count). The van der Waals surface area contributed by atoms with Gasteiger partial charge in [-0.25, -0.2) is 0 Å². The molecule has 1 aliphatic rings. The Bertz CT molecular complexity index is 267. The number of aryl methyl sites for hydroxylation is 1. The molecule has 0 spiro atoms. The fraction of sp³-hybridized carbons (Fsp3) is 0.600. The lowest BCUT2D eigenvalue weighted by molar-refractivity contribution is 0.940. The zero-order chi connectivity index (χ0) is 8.55. The molecule has 1 heterocycles. The van der Waals surface area contributed by atoms with E-state index in [9.17, 15) is 0 Å². The third-order valence-corrected chi connectivity index (χ3v) is 3.66. The van der Waals surface area contributed by atoms with Gasteiger partial charge in [-0.2, -0.15) is 0 Å². The number of hydrogen-bond donors (Lipinski definition) is 1. The molecule has 2 N–H and O–H groups in total. The predicted octanol–water partition coefficient (Wildman–Crippen LogP) is 2.52. The normalized spacial score (nSPS) is 27.5. The minimum absolute atomic E-state index is 0.457. The van der Waals surface area contributed by atoms with E-state index in [4.69, 9.17) is 5.73 Å². The Labute approximate surface area is 77.6 Å². The molecule has 2 atom stereocenters. The van der Waals surface area contributed by atoms with Crippen LogP contribution in [0, 0.1) is 0 Å². The molecule has 0 radical (unpaired) electrons. The van der Waals surface area contributed by atoms with E-state index in [2.05, 4.69) is 19.1 Å². The number of rotatable bonds is 3. The van der Waals surface area contributed by atoms with E-state index in [1.807, 2.05) is 11.3 Å². The number of hydrogen-bond acceptors (Lipinski definition) is 2. The molecule has 0 aliphatic heterocycles. The molecule has 1 fully saturated rings. The molecular formula is C10H15NS. The van der Waals surface area contributed by atoms with Crippen molar-refractivity contribution in [3.05, 3.63) is 21.9 Å². The second-order valence-electron chi connectivity index (χ2n) is 3.56. The summed E-state index contributed by atoms with van der Waals surface area (Å²) in [7, 11) is 0. The summed E-state index contributed by atoms with van der Waals surface area (Å²) in [6.45, 7) is 2.22. The monoisotopic (exact) mass is 181 g/mol. The third kappa shape index (κ3) is 1.54. The molecule has 0 aromatic carbocycles. The molecule has 0 bridgehead atoms. The Kier molecular flexibility index (Phi) is 2.20. The van der Waals surface area contributed by atoms with Gasteiger partial charge in [0.15, 0.2) is 0 Å². The van der Waals surface area contributed by atoms with Crippen LogP contribution in [0.1, 0.15) is 35.4 Å². The van der Waals surface area contributed by atoms with E-state index in [1.54, 1.807) is 0 Å². The van der Waals surface area contributed by atoms with Gasteiger partial charge in [-0.15, -0.1) is 11.3 Å². The average Bonchev–Trinajstić information content (AvgIpc) is 2.62. The van der Waals surface area contributed by atoms with Crippen LogP contribution in [0.2, 0.25) is 0 Å². The first-order valence-corrected chi connectivity index (χ1v) is 5.47. The van der Waals surface area contributed by atoms with Gasteiger partial charge in [-0.1, -0.05) is 13.3 Å². The van der Waals surface area contributed by atoms with Gasteiger partial charge in [-0.3, -0.25) is 0 Å². The summed E-state index contributed by atoms with van der Waals surface area (Å²) < 4.78 is 0. The summed E-state index contributed by atoms with van der Waals surface area (Å²) in [4.78, 5) is 3.03. The highest BCUT2D eigenvalue weighted by Crippen LogP contribution is 2.42. The maximum Gasteiger partial charge on any atom is 0.0123 e. The molecular weight excluding hydrogens is 166 g/mol. The van der Waals surface area contributed by atoms with Crippen molar-refractivity contribution in [3.8, 4) is 0 Å². The zero-order valence-corrected chi connectivity index (χ0v) is 8.23. The minimum Gasteiger partial charge on any atom is -0.327 e. The Morgan fingerprint density at radius 1 is 1.58 bits per heavy atom.